The Morgan fingerprint density at radius 1 is 1.22 bits per heavy atom. The van der Waals surface area contributed by atoms with Crippen LogP contribution >= 0.6 is 23.2 Å². The van der Waals surface area contributed by atoms with Crippen molar-refractivity contribution in [1.29, 1.82) is 0 Å². The van der Waals surface area contributed by atoms with Crippen molar-refractivity contribution in [3.63, 3.8) is 0 Å². The Morgan fingerprint density at radius 2 is 2.00 bits per heavy atom. The van der Waals surface area contributed by atoms with Gasteiger partial charge in [-0.05, 0) is 36.8 Å². The lowest BCUT2D eigenvalue weighted by atomic mass is 10.1. The molecule has 1 aromatic heterocycles. The number of ether oxygens (including phenoxy) is 1. The third kappa shape index (κ3) is 4.78. The van der Waals surface area contributed by atoms with Crippen LogP contribution in [-0.4, -0.2) is 23.6 Å². The molecule has 140 valence electrons. The van der Waals surface area contributed by atoms with E-state index in [4.69, 9.17) is 32.5 Å². The molecule has 1 atom stereocenters. The van der Waals surface area contributed by atoms with Gasteiger partial charge in [-0.3, -0.25) is 9.59 Å². The van der Waals surface area contributed by atoms with Crippen molar-refractivity contribution < 1.29 is 18.8 Å². The van der Waals surface area contributed by atoms with Gasteiger partial charge >= 0.3 is 5.97 Å². The van der Waals surface area contributed by atoms with Crippen LogP contribution < -0.4 is 5.32 Å². The van der Waals surface area contributed by atoms with Crippen molar-refractivity contribution >= 4 is 46.0 Å². The van der Waals surface area contributed by atoms with Crippen molar-refractivity contribution in [2.45, 2.75) is 19.4 Å². The van der Waals surface area contributed by atoms with Crippen LogP contribution in [0.2, 0.25) is 10.0 Å². The number of amides is 1. The van der Waals surface area contributed by atoms with Crippen LogP contribution in [0, 0.1) is 0 Å². The number of nitrogens with one attached hydrogen (secondary N) is 1. The Labute approximate surface area is 165 Å². The fourth-order valence-electron chi connectivity index (χ4n) is 2.61. The predicted molar refractivity (Wildman–Crippen MR) is 102 cm³/mol. The van der Waals surface area contributed by atoms with Gasteiger partial charge in [0.05, 0.1) is 12.5 Å². The summed E-state index contributed by atoms with van der Waals surface area (Å²) in [5, 5.41) is 8.29. The molecular weight excluding hydrogens is 391 g/mol. The minimum Gasteiger partial charge on any atom is -0.455 e. The van der Waals surface area contributed by atoms with Crippen molar-refractivity contribution in [1.82, 2.24) is 10.5 Å². The van der Waals surface area contributed by atoms with Gasteiger partial charge in [0.25, 0.3) is 5.91 Å². The van der Waals surface area contributed by atoms with E-state index in [0.29, 0.717) is 21.3 Å². The van der Waals surface area contributed by atoms with E-state index in [-0.39, 0.29) is 12.5 Å². The van der Waals surface area contributed by atoms with Gasteiger partial charge in [-0.15, -0.1) is 0 Å². The molecule has 0 aliphatic carbocycles. The molecule has 3 rings (SSSR count). The van der Waals surface area contributed by atoms with E-state index >= 15 is 0 Å². The Hall–Kier alpha value is -2.57. The average molecular weight is 407 g/mol. The van der Waals surface area contributed by atoms with Gasteiger partial charge in [0.2, 0.25) is 0 Å². The summed E-state index contributed by atoms with van der Waals surface area (Å²) >= 11 is 12.0. The number of esters is 1. The molecule has 0 saturated carbocycles. The molecule has 6 nitrogen and oxygen atoms in total. The smallest absolute Gasteiger partial charge is 0.312 e. The predicted octanol–water partition coefficient (Wildman–Crippen LogP) is 4.10. The van der Waals surface area contributed by atoms with Gasteiger partial charge in [0.15, 0.2) is 12.2 Å². The number of fused-ring (bicyclic) bond motifs is 1. The van der Waals surface area contributed by atoms with E-state index in [1.807, 2.05) is 12.1 Å². The summed E-state index contributed by atoms with van der Waals surface area (Å²) in [5.74, 6) is -1.01. The number of nitrogens with zero attached hydrogens (tertiary/aromatic N) is 1. The first kappa shape index (κ1) is 19.2. The third-order valence-electron chi connectivity index (χ3n) is 3.93. The number of para-hydroxylation sites is 1. The number of hydrogen-bond donors (Lipinski definition) is 1. The summed E-state index contributed by atoms with van der Waals surface area (Å²) in [6.45, 7) is 1.38. The molecular formula is C19H16Cl2N2O4. The van der Waals surface area contributed by atoms with Gasteiger partial charge < -0.3 is 14.6 Å². The van der Waals surface area contributed by atoms with Crippen molar-refractivity contribution in [2.75, 3.05) is 6.61 Å². The Kier molecular flexibility index (Phi) is 5.98. The highest BCUT2D eigenvalue weighted by molar-refractivity contribution is 6.35. The van der Waals surface area contributed by atoms with E-state index in [2.05, 4.69) is 10.5 Å². The average Bonchev–Trinajstić information content (AvgIpc) is 3.03. The molecule has 0 aliphatic rings. The molecule has 27 heavy (non-hydrogen) atoms. The zero-order chi connectivity index (χ0) is 19.4. The largest absolute Gasteiger partial charge is 0.455 e. The van der Waals surface area contributed by atoms with E-state index < -0.39 is 18.5 Å². The molecule has 0 saturated heterocycles. The normalized spacial score (nSPS) is 12.0. The number of aromatic nitrogens is 1. The number of hydrogen-bond acceptors (Lipinski definition) is 5. The molecule has 0 fully saturated rings. The molecule has 8 heteroatoms. The summed E-state index contributed by atoms with van der Waals surface area (Å²) in [6.07, 6.45) is -0.0805. The van der Waals surface area contributed by atoms with Crippen molar-refractivity contribution in [3.05, 3.63) is 63.8 Å². The molecule has 2 aromatic carbocycles. The van der Waals surface area contributed by atoms with Crippen LogP contribution in [0.3, 0.4) is 0 Å². The lowest BCUT2D eigenvalue weighted by Gasteiger charge is -2.16. The standard InChI is InChI=1S/C19H16Cl2N2O4/c1-11(13-7-6-12(20)8-15(13)21)22-18(24)10-26-19(25)9-16-14-4-2-3-5-17(14)27-23-16/h2-8,11H,9-10H2,1H3,(H,22,24). The van der Waals surface area contributed by atoms with Crippen LogP contribution in [0.5, 0.6) is 0 Å². The first-order chi connectivity index (χ1) is 12.9. The summed E-state index contributed by atoms with van der Waals surface area (Å²) in [5.41, 5.74) is 1.78. The Morgan fingerprint density at radius 3 is 2.78 bits per heavy atom. The molecule has 1 N–H and O–H groups in total. The first-order valence-electron chi connectivity index (χ1n) is 8.17. The zero-order valence-electron chi connectivity index (χ0n) is 14.4. The van der Waals surface area contributed by atoms with Crippen molar-refractivity contribution in [2.24, 2.45) is 0 Å². The second kappa shape index (κ2) is 8.41. The molecule has 0 aliphatic heterocycles. The number of carbonyl (C=O) groups excluding carboxylic acids is 2. The minimum absolute atomic E-state index is 0.0805. The maximum atomic E-state index is 12.0. The number of rotatable bonds is 6. The number of benzene rings is 2. The van der Waals surface area contributed by atoms with Gasteiger partial charge in [-0.1, -0.05) is 46.6 Å². The van der Waals surface area contributed by atoms with E-state index in [9.17, 15) is 9.59 Å². The fourth-order valence-corrected chi connectivity index (χ4v) is 3.19. The Balaban J connectivity index is 1.52. The highest BCUT2D eigenvalue weighted by Crippen LogP contribution is 2.26. The van der Waals surface area contributed by atoms with Gasteiger partial charge in [0.1, 0.15) is 5.69 Å². The van der Waals surface area contributed by atoms with Crippen LogP contribution in [-0.2, 0) is 20.7 Å². The molecule has 0 spiro atoms. The summed E-state index contributed by atoms with van der Waals surface area (Å²) in [6, 6.07) is 11.9. The maximum Gasteiger partial charge on any atom is 0.312 e. The molecule has 1 unspecified atom stereocenters. The molecule has 1 heterocycles. The van der Waals surface area contributed by atoms with Gasteiger partial charge in [-0.25, -0.2) is 0 Å². The number of halogens is 2. The van der Waals surface area contributed by atoms with Gasteiger partial charge in [0, 0.05) is 15.4 Å². The summed E-state index contributed by atoms with van der Waals surface area (Å²) in [7, 11) is 0. The molecule has 1 amide bonds. The quantitative estimate of drug-likeness (QED) is 0.623. The number of carbonyl (C=O) groups is 2. The van der Waals surface area contributed by atoms with Crippen LogP contribution in [0.15, 0.2) is 47.0 Å². The molecule has 0 radical (unpaired) electrons. The fraction of sp³-hybridized carbons (Fsp3) is 0.211. The SMILES string of the molecule is CC(NC(=O)COC(=O)Cc1noc2ccccc12)c1ccc(Cl)cc1Cl. The zero-order valence-corrected chi connectivity index (χ0v) is 15.9. The second-order valence-electron chi connectivity index (χ2n) is 5.92. The van der Waals surface area contributed by atoms with Crippen LogP contribution in [0.25, 0.3) is 11.0 Å². The summed E-state index contributed by atoms with van der Waals surface area (Å²) < 4.78 is 10.2. The third-order valence-corrected chi connectivity index (χ3v) is 4.50. The highest BCUT2D eigenvalue weighted by atomic mass is 35.5. The minimum atomic E-state index is -0.568. The highest BCUT2D eigenvalue weighted by Gasteiger charge is 2.16. The maximum absolute atomic E-state index is 12.0. The topological polar surface area (TPSA) is 81.4 Å². The van der Waals surface area contributed by atoms with Crippen LogP contribution in [0.4, 0.5) is 0 Å². The Bertz CT molecular complexity index is 987. The summed E-state index contributed by atoms with van der Waals surface area (Å²) in [4.78, 5) is 24.0. The van der Waals surface area contributed by atoms with E-state index in [1.165, 1.54) is 0 Å². The second-order valence-corrected chi connectivity index (χ2v) is 6.76. The monoisotopic (exact) mass is 406 g/mol. The lowest BCUT2D eigenvalue weighted by molar-refractivity contribution is -0.148. The van der Waals surface area contributed by atoms with Gasteiger partial charge in [-0.2, -0.15) is 0 Å². The van der Waals surface area contributed by atoms with E-state index in [0.717, 1.165) is 10.9 Å². The van der Waals surface area contributed by atoms with Crippen molar-refractivity contribution in [3.8, 4) is 0 Å². The van der Waals surface area contributed by atoms with Crippen LogP contribution in [0.1, 0.15) is 24.2 Å². The molecule has 3 aromatic rings. The molecule has 0 bridgehead atoms. The first-order valence-corrected chi connectivity index (χ1v) is 8.93. The van der Waals surface area contributed by atoms with E-state index in [1.54, 1.807) is 37.3 Å². The lowest BCUT2D eigenvalue weighted by Crippen LogP contribution is -2.31.